The van der Waals surface area contributed by atoms with Crippen LogP contribution in [0.25, 0.3) is 0 Å². The van der Waals surface area contributed by atoms with Gasteiger partial charge in [0.05, 0.1) is 6.20 Å². The van der Waals surface area contributed by atoms with E-state index < -0.39 is 0 Å². The van der Waals surface area contributed by atoms with Crippen LogP contribution in [0, 0.1) is 5.82 Å². The lowest BCUT2D eigenvalue weighted by Crippen LogP contribution is -2.31. The summed E-state index contributed by atoms with van der Waals surface area (Å²) in [6, 6.07) is 9.02. The number of amides is 1. The lowest BCUT2D eigenvalue weighted by molar-refractivity contribution is 0.0705. The maximum atomic E-state index is 13.3. The van der Waals surface area contributed by atoms with Gasteiger partial charge in [-0.05, 0) is 42.7 Å². The Morgan fingerprint density at radius 1 is 1.30 bits per heavy atom. The van der Waals surface area contributed by atoms with Gasteiger partial charge < -0.3 is 14.4 Å². The van der Waals surface area contributed by atoms with Crippen LogP contribution < -0.4 is 0 Å². The Morgan fingerprint density at radius 3 is 3.00 bits per heavy atom. The summed E-state index contributed by atoms with van der Waals surface area (Å²) in [6.07, 6.45) is 5.04. The summed E-state index contributed by atoms with van der Waals surface area (Å²) in [6.45, 7) is 0.543. The molecular formula is C20H18FN3O3. The average molecular weight is 367 g/mol. The molecule has 0 radical (unpaired) electrons. The second-order valence-corrected chi connectivity index (χ2v) is 6.50. The molecular weight excluding hydrogens is 349 g/mol. The minimum Gasteiger partial charge on any atom is -0.505 e. The van der Waals surface area contributed by atoms with Crippen molar-refractivity contribution in [2.45, 2.75) is 25.3 Å². The molecule has 2 aromatic heterocycles. The highest BCUT2D eigenvalue weighted by atomic mass is 19.1. The maximum Gasteiger partial charge on any atom is 0.276 e. The molecule has 0 spiro atoms. The molecule has 3 aromatic rings. The first-order valence-electron chi connectivity index (χ1n) is 8.76. The van der Waals surface area contributed by atoms with Crippen LogP contribution >= 0.6 is 0 Å². The van der Waals surface area contributed by atoms with Crippen molar-refractivity contribution in [1.29, 1.82) is 0 Å². The molecule has 1 aromatic carbocycles. The molecule has 1 fully saturated rings. The number of carbonyl (C=O) groups excluding carboxylic acids is 1. The summed E-state index contributed by atoms with van der Waals surface area (Å²) in [5.41, 5.74) is 0.811. The molecule has 0 aliphatic carbocycles. The predicted molar refractivity (Wildman–Crippen MR) is 94.6 cm³/mol. The number of carbonyl (C=O) groups is 1. The Balaban J connectivity index is 1.53. The standard InChI is InChI=1S/C20H18FN3O3/c21-14-5-1-4-13(10-14)11-15-12-23-19(27-15)16-6-3-9-24(16)20(26)18-17(25)7-2-8-22-18/h1-2,4-5,7-8,10,12,16,25H,3,6,9,11H2/t16-/m1/s1. The molecule has 3 heterocycles. The number of aromatic nitrogens is 2. The van der Waals surface area contributed by atoms with Crippen molar-refractivity contribution in [1.82, 2.24) is 14.9 Å². The Morgan fingerprint density at radius 2 is 2.19 bits per heavy atom. The zero-order chi connectivity index (χ0) is 18.8. The van der Waals surface area contributed by atoms with Gasteiger partial charge in [-0.1, -0.05) is 12.1 Å². The topological polar surface area (TPSA) is 79.5 Å². The van der Waals surface area contributed by atoms with Gasteiger partial charge in [0.25, 0.3) is 5.91 Å². The number of benzene rings is 1. The van der Waals surface area contributed by atoms with Crippen LogP contribution in [0.15, 0.2) is 53.2 Å². The van der Waals surface area contributed by atoms with Crippen LogP contribution in [0.5, 0.6) is 5.75 Å². The van der Waals surface area contributed by atoms with E-state index in [2.05, 4.69) is 9.97 Å². The summed E-state index contributed by atoms with van der Waals surface area (Å²) >= 11 is 0. The molecule has 0 bridgehead atoms. The molecule has 0 unspecified atom stereocenters. The molecule has 4 rings (SSSR count). The van der Waals surface area contributed by atoms with Crippen LogP contribution in [-0.4, -0.2) is 32.4 Å². The van der Waals surface area contributed by atoms with Crippen molar-refractivity contribution in [2.75, 3.05) is 6.54 Å². The fraction of sp³-hybridized carbons (Fsp3) is 0.250. The summed E-state index contributed by atoms with van der Waals surface area (Å²) in [4.78, 5) is 22.7. The van der Waals surface area contributed by atoms with Gasteiger partial charge in [-0.25, -0.2) is 14.4 Å². The van der Waals surface area contributed by atoms with E-state index in [9.17, 15) is 14.3 Å². The monoisotopic (exact) mass is 367 g/mol. The van der Waals surface area contributed by atoms with Gasteiger partial charge in [-0.2, -0.15) is 0 Å². The molecule has 1 N–H and O–H groups in total. The fourth-order valence-corrected chi connectivity index (χ4v) is 3.37. The second-order valence-electron chi connectivity index (χ2n) is 6.50. The van der Waals surface area contributed by atoms with Crippen molar-refractivity contribution in [3.63, 3.8) is 0 Å². The zero-order valence-electron chi connectivity index (χ0n) is 14.5. The summed E-state index contributed by atoms with van der Waals surface area (Å²) < 4.78 is 19.2. The minimum absolute atomic E-state index is 0.0240. The maximum absolute atomic E-state index is 13.3. The molecule has 1 aliphatic heterocycles. The number of oxazole rings is 1. The first kappa shape index (κ1) is 17.2. The lowest BCUT2D eigenvalue weighted by Gasteiger charge is -2.22. The first-order chi connectivity index (χ1) is 13.1. The van der Waals surface area contributed by atoms with E-state index in [4.69, 9.17) is 4.42 Å². The molecule has 27 heavy (non-hydrogen) atoms. The van der Waals surface area contributed by atoms with E-state index >= 15 is 0 Å². The van der Waals surface area contributed by atoms with Crippen LogP contribution in [0.4, 0.5) is 4.39 Å². The lowest BCUT2D eigenvalue weighted by atomic mass is 10.1. The molecule has 1 amide bonds. The number of nitrogens with zero attached hydrogens (tertiary/aromatic N) is 3. The summed E-state index contributed by atoms with van der Waals surface area (Å²) in [5.74, 6) is 0.265. The third-order valence-corrected chi connectivity index (χ3v) is 4.63. The van der Waals surface area contributed by atoms with Crippen molar-refractivity contribution in [2.24, 2.45) is 0 Å². The second kappa shape index (κ2) is 7.19. The van der Waals surface area contributed by atoms with Crippen LogP contribution in [-0.2, 0) is 6.42 Å². The van der Waals surface area contributed by atoms with Gasteiger partial charge in [0.15, 0.2) is 5.69 Å². The van der Waals surface area contributed by atoms with Gasteiger partial charge in [0, 0.05) is 19.2 Å². The number of hydrogen-bond acceptors (Lipinski definition) is 5. The number of pyridine rings is 1. The fourth-order valence-electron chi connectivity index (χ4n) is 3.37. The van der Waals surface area contributed by atoms with Gasteiger partial charge >= 0.3 is 0 Å². The van der Waals surface area contributed by atoms with Crippen LogP contribution in [0.2, 0.25) is 0 Å². The first-order valence-corrected chi connectivity index (χ1v) is 8.76. The smallest absolute Gasteiger partial charge is 0.276 e. The summed E-state index contributed by atoms with van der Waals surface area (Å²) in [7, 11) is 0. The predicted octanol–water partition coefficient (Wildman–Crippen LogP) is 3.48. The average Bonchev–Trinajstić information content (AvgIpc) is 3.30. The van der Waals surface area contributed by atoms with E-state index in [0.717, 1.165) is 18.4 Å². The number of halogens is 1. The highest BCUT2D eigenvalue weighted by Crippen LogP contribution is 2.33. The highest BCUT2D eigenvalue weighted by Gasteiger charge is 2.35. The molecule has 0 saturated carbocycles. The number of aromatic hydroxyl groups is 1. The Labute approximate surface area is 155 Å². The number of likely N-dealkylation sites (tertiary alicyclic amines) is 1. The third-order valence-electron chi connectivity index (χ3n) is 4.63. The summed E-state index contributed by atoms with van der Waals surface area (Å²) in [5, 5.41) is 9.91. The van der Waals surface area contributed by atoms with Crippen molar-refractivity contribution in [3.05, 3.63) is 77.5 Å². The Hall–Kier alpha value is -3.22. The van der Waals surface area contributed by atoms with Crippen molar-refractivity contribution >= 4 is 5.91 Å². The van der Waals surface area contributed by atoms with Crippen molar-refractivity contribution < 1.29 is 18.7 Å². The third kappa shape index (κ3) is 3.53. The van der Waals surface area contributed by atoms with Gasteiger partial charge in [0.1, 0.15) is 23.4 Å². The quantitative estimate of drug-likeness (QED) is 0.764. The van der Waals surface area contributed by atoms with E-state index in [1.54, 1.807) is 23.2 Å². The van der Waals surface area contributed by atoms with Gasteiger partial charge in [0.2, 0.25) is 5.89 Å². The van der Waals surface area contributed by atoms with Gasteiger partial charge in [-0.15, -0.1) is 0 Å². The van der Waals surface area contributed by atoms with Crippen LogP contribution in [0.1, 0.15) is 46.6 Å². The minimum atomic E-state index is -0.347. The van der Waals surface area contributed by atoms with E-state index in [-0.39, 0.29) is 29.2 Å². The van der Waals surface area contributed by atoms with E-state index in [1.807, 2.05) is 6.07 Å². The molecule has 1 saturated heterocycles. The molecule has 7 heteroatoms. The zero-order valence-corrected chi connectivity index (χ0v) is 14.5. The molecule has 1 atom stereocenters. The Kier molecular flexibility index (Phi) is 4.58. The normalized spacial score (nSPS) is 16.6. The van der Waals surface area contributed by atoms with Crippen LogP contribution in [0.3, 0.4) is 0 Å². The highest BCUT2D eigenvalue weighted by molar-refractivity contribution is 5.95. The van der Waals surface area contributed by atoms with Gasteiger partial charge in [-0.3, -0.25) is 4.79 Å². The van der Waals surface area contributed by atoms with E-state index in [1.165, 1.54) is 24.4 Å². The number of rotatable bonds is 4. The van der Waals surface area contributed by atoms with E-state index in [0.29, 0.717) is 24.6 Å². The number of hydrogen-bond donors (Lipinski definition) is 1. The Bertz CT molecular complexity index is 972. The molecule has 1 aliphatic rings. The SMILES string of the molecule is O=C(c1ncccc1O)N1CCC[C@@H]1c1ncc(Cc2cccc(F)c2)o1. The molecule has 6 nitrogen and oxygen atoms in total. The largest absolute Gasteiger partial charge is 0.505 e. The van der Waals surface area contributed by atoms with Crippen molar-refractivity contribution in [3.8, 4) is 5.75 Å². The molecule has 138 valence electrons.